The predicted octanol–water partition coefficient (Wildman–Crippen LogP) is 1.97. The number of hydrogen-bond donors (Lipinski definition) is 1. The minimum atomic E-state index is -0.0273. The normalized spacial score (nSPS) is 12.8. The highest BCUT2D eigenvalue weighted by atomic mass is 16.1. The van der Waals surface area contributed by atoms with Crippen LogP contribution in [0.2, 0.25) is 0 Å². The van der Waals surface area contributed by atoms with E-state index in [2.05, 4.69) is 24.1 Å². The summed E-state index contributed by atoms with van der Waals surface area (Å²) in [7, 11) is 0. The number of fused-ring (bicyclic) bond motifs is 1. The molecule has 2 heterocycles. The van der Waals surface area contributed by atoms with E-state index in [0.717, 1.165) is 18.5 Å². The fourth-order valence-corrected chi connectivity index (χ4v) is 2.01. The van der Waals surface area contributed by atoms with Gasteiger partial charge in [0.1, 0.15) is 5.65 Å². The van der Waals surface area contributed by atoms with Crippen molar-refractivity contribution in [3.8, 4) is 0 Å². The Labute approximate surface area is 107 Å². The molecule has 0 amide bonds. The van der Waals surface area contributed by atoms with E-state index in [0.29, 0.717) is 18.2 Å². The maximum atomic E-state index is 11.9. The van der Waals surface area contributed by atoms with E-state index in [1.807, 2.05) is 18.2 Å². The Balaban J connectivity index is 2.17. The monoisotopic (exact) mass is 245 g/mol. The minimum absolute atomic E-state index is 0.0273. The maximum absolute atomic E-state index is 11.9. The average molecular weight is 245 g/mol. The maximum Gasteiger partial charge on any atom is 0.258 e. The molecule has 0 aliphatic rings. The number of aromatic nitrogens is 2. The van der Waals surface area contributed by atoms with Gasteiger partial charge in [-0.3, -0.25) is 9.20 Å². The van der Waals surface area contributed by atoms with Crippen molar-refractivity contribution in [2.75, 3.05) is 0 Å². The number of nitrogens with one attached hydrogen (secondary N) is 1. The van der Waals surface area contributed by atoms with Gasteiger partial charge in [0, 0.05) is 24.8 Å². The molecule has 0 aliphatic heterocycles. The SMILES string of the molecule is CCCC(C)NCc1cc(=O)n2ccccc2n1. The Bertz CT molecular complexity index is 577. The smallest absolute Gasteiger partial charge is 0.258 e. The summed E-state index contributed by atoms with van der Waals surface area (Å²) >= 11 is 0. The van der Waals surface area contributed by atoms with Gasteiger partial charge < -0.3 is 5.32 Å². The van der Waals surface area contributed by atoms with Crippen LogP contribution >= 0.6 is 0 Å². The van der Waals surface area contributed by atoms with Gasteiger partial charge in [0.25, 0.3) is 5.56 Å². The van der Waals surface area contributed by atoms with Gasteiger partial charge in [-0.25, -0.2) is 4.98 Å². The topological polar surface area (TPSA) is 46.4 Å². The minimum Gasteiger partial charge on any atom is -0.309 e. The van der Waals surface area contributed by atoms with E-state index < -0.39 is 0 Å². The molecule has 0 spiro atoms. The summed E-state index contributed by atoms with van der Waals surface area (Å²) < 4.78 is 1.55. The molecule has 96 valence electrons. The van der Waals surface area contributed by atoms with Gasteiger partial charge in [-0.05, 0) is 25.5 Å². The van der Waals surface area contributed by atoms with Crippen LogP contribution in [0.15, 0.2) is 35.3 Å². The number of pyridine rings is 1. The van der Waals surface area contributed by atoms with Crippen molar-refractivity contribution in [2.45, 2.75) is 39.3 Å². The molecule has 2 aromatic rings. The first-order chi connectivity index (χ1) is 8.70. The van der Waals surface area contributed by atoms with Crippen LogP contribution in [0.5, 0.6) is 0 Å². The van der Waals surface area contributed by atoms with Crippen LogP contribution in [0.4, 0.5) is 0 Å². The average Bonchev–Trinajstić information content (AvgIpc) is 2.37. The van der Waals surface area contributed by atoms with Crippen molar-refractivity contribution < 1.29 is 0 Å². The molecule has 4 heteroatoms. The summed E-state index contributed by atoms with van der Waals surface area (Å²) in [5.74, 6) is 0. The zero-order valence-electron chi connectivity index (χ0n) is 10.9. The zero-order chi connectivity index (χ0) is 13.0. The first kappa shape index (κ1) is 12.8. The Morgan fingerprint density at radius 2 is 2.28 bits per heavy atom. The van der Waals surface area contributed by atoms with Crippen molar-refractivity contribution in [1.29, 1.82) is 0 Å². The lowest BCUT2D eigenvalue weighted by Gasteiger charge is -2.12. The molecule has 18 heavy (non-hydrogen) atoms. The van der Waals surface area contributed by atoms with E-state index in [9.17, 15) is 4.79 Å². The largest absolute Gasteiger partial charge is 0.309 e. The molecule has 0 aliphatic carbocycles. The Morgan fingerprint density at radius 3 is 3.06 bits per heavy atom. The first-order valence-electron chi connectivity index (χ1n) is 6.41. The summed E-state index contributed by atoms with van der Waals surface area (Å²) in [5, 5.41) is 3.38. The quantitative estimate of drug-likeness (QED) is 0.876. The second kappa shape index (κ2) is 5.78. The third-order valence-corrected chi connectivity index (χ3v) is 2.98. The molecule has 0 fully saturated rings. The molecule has 0 radical (unpaired) electrons. The number of nitrogens with zero attached hydrogens (tertiary/aromatic N) is 2. The molecule has 2 rings (SSSR count). The Hall–Kier alpha value is -1.68. The van der Waals surface area contributed by atoms with E-state index in [4.69, 9.17) is 0 Å². The van der Waals surface area contributed by atoms with Crippen molar-refractivity contribution in [3.05, 3.63) is 46.5 Å². The molecule has 0 bridgehead atoms. The molecule has 0 saturated carbocycles. The zero-order valence-corrected chi connectivity index (χ0v) is 10.9. The molecule has 0 aromatic carbocycles. The van der Waals surface area contributed by atoms with E-state index in [-0.39, 0.29) is 5.56 Å². The lowest BCUT2D eigenvalue weighted by Crippen LogP contribution is -2.27. The van der Waals surface area contributed by atoms with Crippen LogP contribution < -0.4 is 10.9 Å². The Kier molecular flexibility index (Phi) is 4.10. The molecule has 4 nitrogen and oxygen atoms in total. The third kappa shape index (κ3) is 2.96. The summed E-state index contributed by atoms with van der Waals surface area (Å²) in [4.78, 5) is 16.3. The lowest BCUT2D eigenvalue weighted by atomic mass is 10.2. The fourth-order valence-electron chi connectivity index (χ4n) is 2.01. The van der Waals surface area contributed by atoms with Gasteiger partial charge in [-0.1, -0.05) is 19.4 Å². The highest BCUT2D eigenvalue weighted by Gasteiger charge is 2.04. The molecule has 0 saturated heterocycles. The molecule has 1 N–H and O–H groups in total. The summed E-state index contributed by atoms with van der Waals surface area (Å²) in [6.45, 7) is 4.96. The van der Waals surface area contributed by atoms with E-state index >= 15 is 0 Å². The van der Waals surface area contributed by atoms with Crippen molar-refractivity contribution >= 4 is 5.65 Å². The van der Waals surface area contributed by atoms with Crippen molar-refractivity contribution in [1.82, 2.24) is 14.7 Å². The second-order valence-corrected chi connectivity index (χ2v) is 4.59. The van der Waals surface area contributed by atoms with Gasteiger partial charge in [-0.2, -0.15) is 0 Å². The van der Waals surface area contributed by atoms with Crippen molar-refractivity contribution in [3.63, 3.8) is 0 Å². The lowest BCUT2D eigenvalue weighted by molar-refractivity contribution is 0.504. The molecular formula is C14H19N3O. The summed E-state index contributed by atoms with van der Waals surface area (Å²) in [5.41, 5.74) is 1.47. The van der Waals surface area contributed by atoms with Gasteiger partial charge in [0.05, 0.1) is 5.69 Å². The molecule has 1 atom stereocenters. The van der Waals surface area contributed by atoms with Gasteiger partial charge in [-0.15, -0.1) is 0 Å². The molecular weight excluding hydrogens is 226 g/mol. The highest BCUT2D eigenvalue weighted by molar-refractivity contribution is 5.37. The third-order valence-electron chi connectivity index (χ3n) is 2.98. The van der Waals surface area contributed by atoms with Crippen molar-refractivity contribution in [2.24, 2.45) is 0 Å². The van der Waals surface area contributed by atoms with Crippen LogP contribution in [0.1, 0.15) is 32.4 Å². The van der Waals surface area contributed by atoms with Gasteiger partial charge in [0.15, 0.2) is 0 Å². The van der Waals surface area contributed by atoms with Crippen LogP contribution in [-0.4, -0.2) is 15.4 Å². The number of hydrogen-bond acceptors (Lipinski definition) is 3. The predicted molar refractivity (Wildman–Crippen MR) is 72.7 cm³/mol. The second-order valence-electron chi connectivity index (χ2n) is 4.59. The fraction of sp³-hybridized carbons (Fsp3) is 0.429. The Morgan fingerprint density at radius 1 is 1.44 bits per heavy atom. The molecule has 2 aromatic heterocycles. The summed E-state index contributed by atoms with van der Waals surface area (Å²) in [6.07, 6.45) is 4.02. The van der Waals surface area contributed by atoms with E-state index in [1.165, 1.54) is 0 Å². The van der Waals surface area contributed by atoms with Crippen LogP contribution in [0.25, 0.3) is 5.65 Å². The number of rotatable bonds is 5. The van der Waals surface area contributed by atoms with Crippen LogP contribution in [0, 0.1) is 0 Å². The van der Waals surface area contributed by atoms with Crippen LogP contribution in [-0.2, 0) is 6.54 Å². The van der Waals surface area contributed by atoms with Gasteiger partial charge in [0.2, 0.25) is 0 Å². The van der Waals surface area contributed by atoms with Gasteiger partial charge >= 0.3 is 0 Å². The summed E-state index contributed by atoms with van der Waals surface area (Å²) in [6, 6.07) is 7.61. The highest BCUT2D eigenvalue weighted by Crippen LogP contribution is 2.00. The first-order valence-corrected chi connectivity index (χ1v) is 6.41. The molecule has 1 unspecified atom stereocenters. The van der Waals surface area contributed by atoms with E-state index in [1.54, 1.807) is 16.7 Å². The standard InChI is InChI=1S/C14H19N3O/c1-3-6-11(2)15-10-12-9-14(18)17-8-5-4-7-13(17)16-12/h4-5,7-9,11,15H,3,6,10H2,1-2H3. The van der Waals surface area contributed by atoms with Crippen LogP contribution in [0.3, 0.4) is 0 Å².